The van der Waals surface area contributed by atoms with Gasteiger partial charge >= 0.3 is 0 Å². The summed E-state index contributed by atoms with van der Waals surface area (Å²) in [5.41, 5.74) is 2.51. The van der Waals surface area contributed by atoms with Gasteiger partial charge in [-0.25, -0.2) is 9.97 Å². The molecule has 2 aromatic rings. The monoisotopic (exact) mass is 338 g/mol. The Morgan fingerprint density at radius 1 is 1.08 bits per heavy atom. The van der Waals surface area contributed by atoms with Gasteiger partial charge in [-0.15, -0.1) is 0 Å². The molecule has 1 aliphatic carbocycles. The first kappa shape index (κ1) is 17.4. The molecule has 5 nitrogen and oxygen atoms in total. The van der Waals surface area contributed by atoms with Crippen LogP contribution in [-0.4, -0.2) is 28.0 Å². The quantitative estimate of drug-likeness (QED) is 0.864. The molecular formula is C20H26N4O. The third kappa shape index (κ3) is 4.78. The lowest BCUT2D eigenvalue weighted by atomic mass is 9.95. The summed E-state index contributed by atoms with van der Waals surface area (Å²) in [7, 11) is 0. The molecule has 0 radical (unpaired) electrons. The molecule has 1 aromatic heterocycles. The molecule has 0 saturated heterocycles. The molecule has 1 saturated carbocycles. The topological polar surface area (TPSA) is 66.9 Å². The van der Waals surface area contributed by atoms with Crippen LogP contribution < -0.4 is 10.6 Å². The van der Waals surface area contributed by atoms with E-state index in [4.69, 9.17) is 0 Å². The fraction of sp³-hybridized carbons (Fsp3) is 0.450. The Morgan fingerprint density at radius 3 is 2.48 bits per heavy atom. The van der Waals surface area contributed by atoms with Gasteiger partial charge in [0.25, 0.3) is 5.91 Å². The maximum atomic E-state index is 12.0. The number of carbonyl (C=O) groups excluding carboxylic acids is 1. The van der Waals surface area contributed by atoms with Crippen molar-refractivity contribution in [1.82, 2.24) is 15.3 Å². The third-order valence-corrected chi connectivity index (χ3v) is 4.49. The van der Waals surface area contributed by atoms with E-state index in [0.717, 1.165) is 17.1 Å². The van der Waals surface area contributed by atoms with Crippen molar-refractivity contribution in [3.05, 3.63) is 42.2 Å². The molecule has 3 rings (SSSR count). The SMILES string of the molecule is CC(C)NC(=O)c1ccc(-c2cc(NC3CCCCC3)ncn2)cc1. The van der Waals surface area contributed by atoms with Gasteiger partial charge in [-0.1, -0.05) is 31.4 Å². The Kier molecular flexibility index (Phi) is 5.64. The molecule has 1 heterocycles. The molecule has 5 heteroatoms. The number of hydrogen-bond acceptors (Lipinski definition) is 4. The van der Waals surface area contributed by atoms with Gasteiger partial charge in [0, 0.05) is 29.3 Å². The van der Waals surface area contributed by atoms with Crippen LogP contribution in [0.15, 0.2) is 36.7 Å². The lowest BCUT2D eigenvalue weighted by Gasteiger charge is -2.23. The van der Waals surface area contributed by atoms with Crippen molar-refractivity contribution in [3.63, 3.8) is 0 Å². The second-order valence-electron chi connectivity index (χ2n) is 6.97. The van der Waals surface area contributed by atoms with Crippen LogP contribution in [0.4, 0.5) is 5.82 Å². The van der Waals surface area contributed by atoms with Crippen molar-refractivity contribution >= 4 is 11.7 Å². The van der Waals surface area contributed by atoms with Crippen molar-refractivity contribution in [2.45, 2.75) is 58.0 Å². The summed E-state index contributed by atoms with van der Waals surface area (Å²) >= 11 is 0. The normalized spacial score (nSPS) is 15.2. The summed E-state index contributed by atoms with van der Waals surface area (Å²) in [5, 5.41) is 6.43. The van der Waals surface area contributed by atoms with E-state index < -0.39 is 0 Å². The number of carbonyl (C=O) groups is 1. The Balaban J connectivity index is 1.71. The Labute approximate surface area is 149 Å². The van der Waals surface area contributed by atoms with Gasteiger partial charge in [-0.3, -0.25) is 4.79 Å². The second kappa shape index (κ2) is 8.10. The van der Waals surface area contributed by atoms with E-state index in [1.807, 2.05) is 44.2 Å². The molecule has 0 aliphatic heterocycles. The highest BCUT2D eigenvalue weighted by molar-refractivity contribution is 5.94. The van der Waals surface area contributed by atoms with Gasteiger partial charge < -0.3 is 10.6 Å². The standard InChI is InChI=1S/C20H26N4O/c1-14(2)23-20(25)16-10-8-15(9-11-16)18-12-19(22-13-21-18)24-17-6-4-3-5-7-17/h8-14,17H,3-7H2,1-2H3,(H,23,25)(H,21,22,24). The van der Waals surface area contributed by atoms with E-state index in [1.54, 1.807) is 6.33 Å². The minimum atomic E-state index is -0.0520. The average molecular weight is 338 g/mol. The Morgan fingerprint density at radius 2 is 1.80 bits per heavy atom. The molecule has 25 heavy (non-hydrogen) atoms. The van der Waals surface area contributed by atoms with Crippen LogP contribution in [0.3, 0.4) is 0 Å². The summed E-state index contributed by atoms with van der Waals surface area (Å²) < 4.78 is 0. The maximum absolute atomic E-state index is 12.0. The van der Waals surface area contributed by atoms with Gasteiger partial charge in [0.2, 0.25) is 0 Å². The van der Waals surface area contributed by atoms with E-state index >= 15 is 0 Å². The van der Waals surface area contributed by atoms with Crippen molar-refractivity contribution < 1.29 is 4.79 Å². The van der Waals surface area contributed by atoms with Crippen LogP contribution >= 0.6 is 0 Å². The van der Waals surface area contributed by atoms with Crippen LogP contribution in [0.2, 0.25) is 0 Å². The fourth-order valence-corrected chi connectivity index (χ4v) is 3.19. The summed E-state index contributed by atoms with van der Waals surface area (Å²) in [5.74, 6) is 0.822. The molecule has 0 spiro atoms. The molecule has 0 unspecified atom stereocenters. The van der Waals surface area contributed by atoms with E-state index in [-0.39, 0.29) is 11.9 Å². The summed E-state index contributed by atoms with van der Waals surface area (Å²) in [6.45, 7) is 3.90. The number of hydrogen-bond donors (Lipinski definition) is 2. The van der Waals surface area contributed by atoms with Crippen LogP contribution in [0.1, 0.15) is 56.3 Å². The van der Waals surface area contributed by atoms with E-state index in [2.05, 4.69) is 20.6 Å². The van der Waals surface area contributed by atoms with Crippen LogP contribution in [0.25, 0.3) is 11.3 Å². The lowest BCUT2D eigenvalue weighted by Crippen LogP contribution is -2.29. The highest BCUT2D eigenvalue weighted by Crippen LogP contribution is 2.23. The van der Waals surface area contributed by atoms with Gasteiger partial charge in [0.1, 0.15) is 12.1 Å². The summed E-state index contributed by atoms with van der Waals surface area (Å²) in [6.07, 6.45) is 7.92. The van der Waals surface area contributed by atoms with Gasteiger partial charge in [-0.05, 0) is 38.8 Å². The van der Waals surface area contributed by atoms with Crippen molar-refractivity contribution in [2.75, 3.05) is 5.32 Å². The highest BCUT2D eigenvalue weighted by atomic mass is 16.1. The third-order valence-electron chi connectivity index (χ3n) is 4.49. The minimum absolute atomic E-state index is 0.0520. The van der Waals surface area contributed by atoms with Crippen molar-refractivity contribution in [3.8, 4) is 11.3 Å². The highest BCUT2D eigenvalue weighted by Gasteiger charge is 2.14. The molecule has 1 fully saturated rings. The smallest absolute Gasteiger partial charge is 0.251 e. The molecule has 0 bridgehead atoms. The van der Waals surface area contributed by atoms with Gasteiger partial charge in [0.15, 0.2) is 0 Å². The predicted molar refractivity (Wildman–Crippen MR) is 101 cm³/mol. The average Bonchev–Trinajstić information content (AvgIpc) is 2.62. The molecule has 1 aliphatic rings. The Bertz CT molecular complexity index is 706. The Hall–Kier alpha value is -2.43. The lowest BCUT2D eigenvalue weighted by molar-refractivity contribution is 0.0943. The zero-order valence-corrected chi connectivity index (χ0v) is 15.0. The van der Waals surface area contributed by atoms with Crippen molar-refractivity contribution in [1.29, 1.82) is 0 Å². The number of anilines is 1. The molecule has 1 amide bonds. The number of nitrogens with zero attached hydrogens (tertiary/aromatic N) is 2. The number of aromatic nitrogens is 2. The zero-order valence-electron chi connectivity index (χ0n) is 15.0. The van der Waals surface area contributed by atoms with Crippen LogP contribution in [0.5, 0.6) is 0 Å². The predicted octanol–water partition coefficient (Wildman–Crippen LogP) is 4.03. The number of rotatable bonds is 5. The number of amides is 1. The van der Waals surface area contributed by atoms with Crippen LogP contribution in [-0.2, 0) is 0 Å². The van der Waals surface area contributed by atoms with Gasteiger partial charge in [-0.2, -0.15) is 0 Å². The first-order valence-corrected chi connectivity index (χ1v) is 9.12. The first-order valence-electron chi connectivity index (χ1n) is 9.12. The van der Waals surface area contributed by atoms with E-state index in [1.165, 1.54) is 32.1 Å². The summed E-state index contributed by atoms with van der Waals surface area (Å²) in [4.78, 5) is 20.8. The largest absolute Gasteiger partial charge is 0.367 e. The minimum Gasteiger partial charge on any atom is -0.367 e. The van der Waals surface area contributed by atoms with E-state index in [9.17, 15) is 4.79 Å². The molecule has 2 N–H and O–H groups in total. The molecule has 1 aromatic carbocycles. The number of nitrogens with one attached hydrogen (secondary N) is 2. The van der Waals surface area contributed by atoms with Gasteiger partial charge in [0.05, 0.1) is 5.69 Å². The molecule has 0 atom stereocenters. The molecular weight excluding hydrogens is 312 g/mol. The second-order valence-corrected chi connectivity index (χ2v) is 6.97. The fourth-order valence-electron chi connectivity index (χ4n) is 3.19. The molecule has 132 valence electrons. The van der Waals surface area contributed by atoms with Crippen molar-refractivity contribution in [2.24, 2.45) is 0 Å². The van der Waals surface area contributed by atoms with E-state index in [0.29, 0.717) is 11.6 Å². The number of benzene rings is 1. The maximum Gasteiger partial charge on any atom is 0.251 e. The zero-order chi connectivity index (χ0) is 17.6. The van der Waals surface area contributed by atoms with Crippen LogP contribution in [0, 0.1) is 0 Å². The summed E-state index contributed by atoms with van der Waals surface area (Å²) in [6, 6.07) is 10.2. The first-order chi connectivity index (χ1) is 12.1.